The maximum Gasteiger partial charge on any atom is 0.250 e. The Bertz CT molecular complexity index is 117. The van der Waals surface area contributed by atoms with Crippen molar-refractivity contribution in [2.45, 2.75) is 19.4 Å². The van der Waals surface area contributed by atoms with E-state index in [2.05, 4.69) is 5.32 Å². The maximum absolute atomic E-state index is 11.6. The number of hydrogen-bond donors (Lipinski definition) is 2. The lowest BCUT2D eigenvalue weighted by atomic mass is 10.3. The summed E-state index contributed by atoms with van der Waals surface area (Å²) in [5.74, 6) is 0. The molecular weight excluding hydrogens is 152 g/mol. The van der Waals surface area contributed by atoms with Crippen molar-refractivity contribution in [2.24, 2.45) is 0 Å². The zero-order valence-corrected chi connectivity index (χ0v) is 6.43. The zero-order valence-electron chi connectivity index (χ0n) is 6.43. The molecule has 0 saturated carbocycles. The zero-order chi connectivity index (χ0) is 8.69. The number of allylic oxidation sites excluding steroid dienone is 1. The summed E-state index contributed by atoms with van der Waals surface area (Å²) < 4.78 is 23.2. The molecule has 0 rings (SSSR count). The summed E-state index contributed by atoms with van der Waals surface area (Å²) in [6, 6.07) is -0.353. The number of aliphatic hydroxyl groups excluding tert-OH is 1. The molecule has 4 heteroatoms. The third-order valence-electron chi connectivity index (χ3n) is 1.16. The lowest BCUT2D eigenvalue weighted by Crippen LogP contribution is -2.34. The molecule has 2 nitrogen and oxygen atoms in total. The van der Waals surface area contributed by atoms with Gasteiger partial charge in [-0.05, 0) is 6.92 Å². The van der Waals surface area contributed by atoms with Crippen molar-refractivity contribution in [1.82, 2.24) is 5.32 Å². The molecule has 0 aliphatic heterocycles. The van der Waals surface area contributed by atoms with Crippen LogP contribution in [0.25, 0.3) is 0 Å². The van der Waals surface area contributed by atoms with Crippen LogP contribution in [0.3, 0.4) is 0 Å². The van der Waals surface area contributed by atoms with Crippen molar-refractivity contribution in [2.75, 3.05) is 13.2 Å². The Hall–Kier alpha value is -0.480. The standard InChI is InChI=1S/C7H13F2NO/c1-2-3-6(5-11)10-4-7(8)9/h2-3,6-7,10-11H,4-5H2,1H3. The summed E-state index contributed by atoms with van der Waals surface area (Å²) >= 11 is 0. The molecule has 0 aliphatic rings. The van der Waals surface area contributed by atoms with Gasteiger partial charge < -0.3 is 10.4 Å². The Kier molecular flexibility index (Phi) is 5.97. The highest BCUT2D eigenvalue weighted by molar-refractivity contribution is 4.90. The maximum atomic E-state index is 11.6. The molecule has 0 heterocycles. The van der Waals surface area contributed by atoms with Crippen molar-refractivity contribution in [1.29, 1.82) is 0 Å². The Morgan fingerprint density at radius 2 is 2.18 bits per heavy atom. The molecule has 0 spiro atoms. The number of nitrogens with one attached hydrogen (secondary N) is 1. The summed E-state index contributed by atoms with van der Waals surface area (Å²) in [6.45, 7) is 1.24. The van der Waals surface area contributed by atoms with Gasteiger partial charge in [-0.25, -0.2) is 8.78 Å². The second-order valence-corrected chi connectivity index (χ2v) is 2.11. The molecule has 0 radical (unpaired) electrons. The predicted octanol–water partition coefficient (Wildman–Crippen LogP) is 0.778. The fourth-order valence-electron chi connectivity index (χ4n) is 0.666. The molecule has 1 atom stereocenters. The largest absolute Gasteiger partial charge is 0.394 e. The van der Waals surface area contributed by atoms with Gasteiger partial charge >= 0.3 is 0 Å². The Balaban J connectivity index is 3.52. The number of rotatable bonds is 5. The van der Waals surface area contributed by atoms with Crippen LogP contribution in [0.4, 0.5) is 8.78 Å². The molecule has 0 saturated heterocycles. The first-order valence-electron chi connectivity index (χ1n) is 3.46. The Morgan fingerprint density at radius 3 is 2.55 bits per heavy atom. The molecular formula is C7H13F2NO. The predicted molar refractivity (Wildman–Crippen MR) is 39.7 cm³/mol. The van der Waals surface area contributed by atoms with Crippen LogP contribution >= 0.6 is 0 Å². The quantitative estimate of drug-likeness (QED) is 0.590. The minimum atomic E-state index is -2.37. The lowest BCUT2D eigenvalue weighted by Gasteiger charge is -2.10. The highest BCUT2D eigenvalue weighted by Crippen LogP contribution is 1.91. The van der Waals surface area contributed by atoms with Crippen LogP contribution in [0, 0.1) is 0 Å². The van der Waals surface area contributed by atoms with Crippen LogP contribution in [0.15, 0.2) is 12.2 Å². The van der Waals surface area contributed by atoms with Gasteiger partial charge in [0, 0.05) is 6.04 Å². The van der Waals surface area contributed by atoms with Crippen LogP contribution in [-0.2, 0) is 0 Å². The summed E-state index contributed by atoms with van der Waals surface area (Å²) in [4.78, 5) is 0. The van der Waals surface area contributed by atoms with Gasteiger partial charge in [0.1, 0.15) is 0 Å². The van der Waals surface area contributed by atoms with Gasteiger partial charge in [0.15, 0.2) is 0 Å². The average Bonchev–Trinajstić information content (AvgIpc) is 1.97. The van der Waals surface area contributed by atoms with E-state index in [0.717, 1.165) is 0 Å². The molecule has 0 bridgehead atoms. The van der Waals surface area contributed by atoms with Crippen molar-refractivity contribution in [3.05, 3.63) is 12.2 Å². The number of alkyl halides is 2. The second-order valence-electron chi connectivity index (χ2n) is 2.11. The van der Waals surface area contributed by atoms with E-state index in [0.29, 0.717) is 0 Å². The summed E-state index contributed by atoms with van der Waals surface area (Å²) in [5.41, 5.74) is 0. The Morgan fingerprint density at radius 1 is 1.55 bits per heavy atom. The van der Waals surface area contributed by atoms with Gasteiger partial charge in [-0.3, -0.25) is 0 Å². The van der Waals surface area contributed by atoms with Crippen molar-refractivity contribution < 1.29 is 13.9 Å². The van der Waals surface area contributed by atoms with Crippen LogP contribution in [-0.4, -0.2) is 30.7 Å². The van der Waals surface area contributed by atoms with Gasteiger partial charge in [0.25, 0.3) is 6.43 Å². The first-order valence-corrected chi connectivity index (χ1v) is 3.46. The molecule has 2 N–H and O–H groups in total. The van der Waals surface area contributed by atoms with E-state index in [1.54, 1.807) is 19.1 Å². The number of aliphatic hydroxyl groups is 1. The van der Waals surface area contributed by atoms with E-state index in [4.69, 9.17) is 5.11 Å². The summed E-state index contributed by atoms with van der Waals surface area (Å²) in [5, 5.41) is 11.1. The van der Waals surface area contributed by atoms with E-state index in [-0.39, 0.29) is 19.2 Å². The molecule has 0 aromatic heterocycles. The fraction of sp³-hybridized carbons (Fsp3) is 0.714. The van der Waals surface area contributed by atoms with Crippen LogP contribution in [0.2, 0.25) is 0 Å². The van der Waals surface area contributed by atoms with E-state index in [9.17, 15) is 8.78 Å². The monoisotopic (exact) mass is 165 g/mol. The molecule has 0 aliphatic carbocycles. The third kappa shape index (κ3) is 5.94. The molecule has 11 heavy (non-hydrogen) atoms. The fourth-order valence-corrected chi connectivity index (χ4v) is 0.666. The SMILES string of the molecule is CC=CC(CO)NCC(F)F. The van der Waals surface area contributed by atoms with Gasteiger partial charge in [0.05, 0.1) is 13.2 Å². The molecule has 1 unspecified atom stereocenters. The highest BCUT2D eigenvalue weighted by Gasteiger charge is 2.05. The third-order valence-corrected chi connectivity index (χ3v) is 1.16. The van der Waals surface area contributed by atoms with Gasteiger partial charge in [0.2, 0.25) is 0 Å². The number of hydrogen-bond acceptors (Lipinski definition) is 2. The van der Waals surface area contributed by atoms with Gasteiger partial charge in [-0.2, -0.15) is 0 Å². The van der Waals surface area contributed by atoms with Crippen LogP contribution in [0.5, 0.6) is 0 Å². The average molecular weight is 165 g/mol. The summed E-state index contributed by atoms with van der Waals surface area (Å²) in [7, 11) is 0. The lowest BCUT2D eigenvalue weighted by molar-refractivity contribution is 0.138. The minimum absolute atomic E-state index is 0.156. The van der Waals surface area contributed by atoms with Crippen molar-refractivity contribution >= 4 is 0 Å². The molecule has 0 aromatic carbocycles. The van der Waals surface area contributed by atoms with Gasteiger partial charge in [-0.15, -0.1) is 0 Å². The van der Waals surface area contributed by atoms with Crippen molar-refractivity contribution in [3.63, 3.8) is 0 Å². The van der Waals surface area contributed by atoms with Crippen molar-refractivity contribution in [3.8, 4) is 0 Å². The Labute approximate surface area is 64.9 Å². The number of halogens is 2. The molecule has 0 aromatic rings. The smallest absolute Gasteiger partial charge is 0.250 e. The van der Waals surface area contributed by atoms with E-state index in [1.807, 2.05) is 0 Å². The first kappa shape index (κ1) is 10.5. The molecule has 0 fully saturated rings. The van der Waals surface area contributed by atoms with Crippen LogP contribution < -0.4 is 5.32 Å². The van der Waals surface area contributed by atoms with E-state index < -0.39 is 6.43 Å². The van der Waals surface area contributed by atoms with Crippen LogP contribution in [0.1, 0.15) is 6.92 Å². The highest BCUT2D eigenvalue weighted by atomic mass is 19.3. The first-order chi connectivity index (χ1) is 5.20. The normalized spacial score (nSPS) is 14.6. The molecule has 0 amide bonds. The minimum Gasteiger partial charge on any atom is -0.394 e. The molecule has 66 valence electrons. The second kappa shape index (κ2) is 6.24. The van der Waals surface area contributed by atoms with Gasteiger partial charge in [-0.1, -0.05) is 12.2 Å². The van der Waals surface area contributed by atoms with E-state index in [1.165, 1.54) is 0 Å². The summed E-state index contributed by atoms with van der Waals surface area (Å²) in [6.07, 6.45) is 0.983. The van der Waals surface area contributed by atoms with E-state index >= 15 is 0 Å². The topological polar surface area (TPSA) is 32.3 Å².